The number of hydrogen-bond acceptors (Lipinski definition) is 2. The number of nitrogens with zero attached hydrogens (tertiary/aromatic N) is 1. The van der Waals surface area contributed by atoms with Crippen molar-refractivity contribution in [3.63, 3.8) is 0 Å². The first kappa shape index (κ1) is 11.0. The lowest BCUT2D eigenvalue weighted by Crippen LogP contribution is -2.43. The smallest absolute Gasteiger partial charge is 0.221 e. The van der Waals surface area contributed by atoms with Crippen LogP contribution in [0, 0.1) is 0 Å². The van der Waals surface area contributed by atoms with Crippen LogP contribution in [0.25, 0.3) is 0 Å². The van der Waals surface area contributed by atoms with Crippen molar-refractivity contribution in [1.82, 2.24) is 10.2 Å². The molecular weight excluding hydrogens is 232 g/mol. The highest BCUT2D eigenvalue weighted by Gasteiger charge is 2.17. The normalized spacial score (nSPS) is 20.2. The maximum absolute atomic E-state index is 11.2. The van der Waals surface area contributed by atoms with Crippen LogP contribution in [-0.4, -0.2) is 42.3 Å². The second-order valence-electron chi connectivity index (χ2n) is 3.58. The highest BCUT2D eigenvalue weighted by atomic mass is 79.9. The predicted octanol–water partition coefficient (Wildman–Crippen LogP) is 0.982. The van der Waals surface area contributed by atoms with Crippen molar-refractivity contribution < 1.29 is 4.79 Å². The molecule has 0 atom stereocenters. The Balaban J connectivity index is 2.18. The standard InChI is InChI=1S/C9H17BrN2O/c1-12-6-3-8(4-7-12)11-9(13)2-5-10/h8H,2-7H2,1H3,(H,11,13). The molecule has 13 heavy (non-hydrogen) atoms. The number of carbonyl (C=O) groups is 1. The van der Waals surface area contributed by atoms with Gasteiger partial charge in [0.05, 0.1) is 0 Å². The first-order valence-electron chi connectivity index (χ1n) is 4.76. The number of amides is 1. The number of carbonyl (C=O) groups excluding carboxylic acids is 1. The van der Waals surface area contributed by atoms with Crippen LogP contribution in [-0.2, 0) is 4.79 Å². The van der Waals surface area contributed by atoms with Gasteiger partial charge < -0.3 is 10.2 Å². The van der Waals surface area contributed by atoms with Crippen LogP contribution in [0.3, 0.4) is 0 Å². The minimum atomic E-state index is 0.173. The lowest BCUT2D eigenvalue weighted by molar-refractivity contribution is -0.121. The molecule has 0 radical (unpaired) electrons. The molecule has 0 bridgehead atoms. The van der Waals surface area contributed by atoms with Gasteiger partial charge in [-0.15, -0.1) is 0 Å². The minimum absolute atomic E-state index is 0.173. The molecule has 1 amide bonds. The van der Waals surface area contributed by atoms with Gasteiger partial charge in [0.1, 0.15) is 0 Å². The Labute approximate surface area is 88.0 Å². The maximum Gasteiger partial charge on any atom is 0.221 e. The molecular formula is C9H17BrN2O. The summed E-state index contributed by atoms with van der Waals surface area (Å²) < 4.78 is 0. The summed E-state index contributed by atoms with van der Waals surface area (Å²) in [6.07, 6.45) is 2.77. The van der Waals surface area contributed by atoms with Crippen molar-refractivity contribution in [2.24, 2.45) is 0 Å². The van der Waals surface area contributed by atoms with Gasteiger partial charge in [0.15, 0.2) is 0 Å². The number of piperidine rings is 1. The van der Waals surface area contributed by atoms with Crippen LogP contribution >= 0.6 is 15.9 Å². The second kappa shape index (κ2) is 5.60. The number of nitrogens with one attached hydrogen (secondary N) is 1. The summed E-state index contributed by atoms with van der Waals surface area (Å²) in [6, 6.07) is 0.405. The van der Waals surface area contributed by atoms with Crippen LogP contribution in [0.5, 0.6) is 0 Å². The SMILES string of the molecule is CN1CCC(NC(=O)CCBr)CC1. The van der Waals surface area contributed by atoms with E-state index in [9.17, 15) is 4.79 Å². The Kier molecular flexibility index (Phi) is 4.73. The fraction of sp³-hybridized carbons (Fsp3) is 0.889. The molecule has 4 heteroatoms. The monoisotopic (exact) mass is 248 g/mol. The zero-order chi connectivity index (χ0) is 9.68. The molecule has 1 heterocycles. The van der Waals surface area contributed by atoms with Gasteiger partial charge in [0, 0.05) is 17.8 Å². The zero-order valence-electron chi connectivity index (χ0n) is 8.05. The Hall–Kier alpha value is -0.0900. The molecule has 0 aromatic heterocycles. The molecule has 1 saturated heterocycles. The van der Waals surface area contributed by atoms with Crippen molar-refractivity contribution >= 4 is 21.8 Å². The molecule has 76 valence electrons. The third kappa shape index (κ3) is 4.09. The third-order valence-corrected chi connectivity index (χ3v) is 2.80. The van der Waals surface area contributed by atoms with E-state index in [0.717, 1.165) is 31.3 Å². The summed E-state index contributed by atoms with van der Waals surface area (Å²) in [6.45, 7) is 2.19. The lowest BCUT2D eigenvalue weighted by Gasteiger charge is -2.29. The topological polar surface area (TPSA) is 32.3 Å². The minimum Gasteiger partial charge on any atom is -0.353 e. The molecule has 1 rings (SSSR count). The van der Waals surface area contributed by atoms with E-state index in [1.807, 2.05) is 0 Å². The summed E-state index contributed by atoms with van der Waals surface area (Å²) in [4.78, 5) is 13.5. The van der Waals surface area contributed by atoms with E-state index in [4.69, 9.17) is 0 Å². The molecule has 1 fully saturated rings. The van der Waals surface area contributed by atoms with Gasteiger partial charge in [-0.05, 0) is 33.0 Å². The third-order valence-electron chi connectivity index (χ3n) is 2.41. The van der Waals surface area contributed by atoms with E-state index < -0.39 is 0 Å². The Morgan fingerprint density at radius 3 is 2.69 bits per heavy atom. The van der Waals surface area contributed by atoms with Crippen LogP contribution in [0.1, 0.15) is 19.3 Å². The molecule has 0 aromatic rings. The second-order valence-corrected chi connectivity index (χ2v) is 4.38. The first-order chi connectivity index (χ1) is 6.22. The van der Waals surface area contributed by atoms with Crippen molar-refractivity contribution in [3.8, 4) is 0 Å². The van der Waals surface area contributed by atoms with E-state index in [-0.39, 0.29) is 5.91 Å². The van der Waals surface area contributed by atoms with Gasteiger partial charge >= 0.3 is 0 Å². The molecule has 0 unspecified atom stereocenters. The van der Waals surface area contributed by atoms with Crippen molar-refractivity contribution in [2.75, 3.05) is 25.5 Å². The highest BCUT2D eigenvalue weighted by molar-refractivity contribution is 9.09. The Morgan fingerprint density at radius 1 is 1.54 bits per heavy atom. The highest BCUT2D eigenvalue weighted by Crippen LogP contribution is 2.08. The summed E-state index contributed by atoms with van der Waals surface area (Å²) >= 11 is 3.26. The fourth-order valence-corrected chi connectivity index (χ4v) is 1.90. The number of alkyl halides is 1. The summed E-state index contributed by atoms with van der Waals surface area (Å²) in [7, 11) is 2.12. The molecule has 0 aliphatic carbocycles. The lowest BCUT2D eigenvalue weighted by atomic mass is 10.1. The summed E-state index contributed by atoms with van der Waals surface area (Å²) in [5.74, 6) is 0.173. The van der Waals surface area contributed by atoms with Gasteiger partial charge in [0.25, 0.3) is 0 Å². The molecule has 0 spiro atoms. The van der Waals surface area contributed by atoms with Crippen LogP contribution in [0.15, 0.2) is 0 Å². The van der Waals surface area contributed by atoms with Crippen LogP contribution < -0.4 is 5.32 Å². The quantitative estimate of drug-likeness (QED) is 0.756. The van der Waals surface area contributed by atoms with Gasteiger partial charge in [-0.2, -0.15) is 0 Å². The average Bonchev–Trinajstić information content (AvgIpc) is 2.09. The van der Waals surface area contributed by atoms with E-state index in [0.29, 0.717) is 12.5 Å². The number of hydrogen-bond donors (Lipinski definition) is 1. The largest absolute Gasteiger partial charge is 0.353 e. The van der Waals surface area contributed by atoms with E-state index in [2.05, 4.69) is 33.2 Å². The Morgan fingerprint density at radius 2 is 2.15 bits per heavy atom. The summed E-state index contributed by atoms with van der Waals surface area (Å²) in [5, 5.41) is 3.80. The number of halogens is 1. The average molecular weight is 249 g/mol. The van der Waals surface area contributed by atoms with E-state index in [1.54, 1.807) is 0 Å². The zero-order valence-corrected chi connectivity index (χ0v) is 9.64. The molecule has 0 aromatic carbocycles. The van der Waals surface area contributed by atoms with E-state index >= 15 is 0 Å². The molecule has 1 N–H and O–H groups in total. The van der Waals surface area contributed by atoms with Gasteiger partial charge in [-0.25, -0.2) is 0 Å². The van der Waals surface area contributed by atoms with Gasteiger partial charge in [-0.1, -0.05) is 15.9 Å². The van der Waals surface area contributed by atoms with Crippen LogP contribution in [0.2, 0.25) is 0 Å². The van der Waals surface area contributed by atoms with E-state index in [1.165, 1.54) is 0 Å². The number of rotatable bonds is 3. The first-order valence-corrected chi connectivity index (χ1v) is 5.88. The van der Waals surface area contributed by atoms with Crippen LogP contribution in [0.4, 0.5) is 0 Å². The number of likely N-dealkylation sites (tertiary alicyclic amines) is 1. The van der Waals surface area contributed by atoms with Crippen molar-refractivity contribution in [1.29, 1.82) is 0 Å². The molecule has 0 saturated carbocycles. The van der Waals surface area contributed by atoms with Crippen molar-refractivity contribution in [2.45, 2.75) is 25.3 Å². The molecule has 1 aliphatic heterocycles. The Bertz CT molecular complexity index is 167. The molecule has 3 nitrogen and oxygen atoms in total. The maximum atomic E-state index is 11.2. The molecule has 1 aliphatic rings. The van der Waals surface area contributed by atoms with Crippen molar-refractivity contribution in [3.05, 3.63) is 0 Å². The van der Waals surface area contributed by atoms with Gasteiger partial charge in [-0.3, -0.25) is 4.79 Å². The fourth-order valence-electron chi connectivity index (χ4n) is 1.54. The predicted molar refractivity (Wildman–Crippen MR) is 57.1 cm³/mol. The summed E-state index contributed by atoms with van der Waals surface area (Å²) in [5.41, 5.74) is 0. The van der Waals surface area contributed by atoms with Gasteiger partial charge in [0.2, 0.25) is 5.91 Å².